The van der Waals surface area contributed by atoms with Crippen LogP contribution in [0.4, 0.5) is 0 Å². The third-order valence-electron chi connectivity index (χ3n) is 11.1. The lowest BCUT2D eigenvalue weighted by molar-refractivity contribution is 0.669. The van der Waals surface area contributed by atoms with Crippen LogP contribution in [0.2, 0.25) is 0 Å². The van der Waals surface area contributed by atoms with E-state index in [2.05, 4.69) is 187 Å². The average Bonchev–Trinajstić information content (AvgIpc) is 3.84. The van der Waals surface area contributed by atoms with Gasteiger partial charge in [0.25, 0.3) is 0 Å². The zero-order valence-electron chi connectivity index (χ0n) is 27.8. The number of nitrogens with zero attached hydrogens (tertiary/aromatic N) is 1. The van der Waals surface area contributed by atoms with E-state index < -0.39 is 5.41 Å². The summed E-state index contributed by atoms with van der Waals surface area (Å²) in [7, 11) is 0. The number of hydrogen-bond donors (Lipinski definition) is 0. The van der Waals surface area contributed by atoms with Crippen LogP contribution in [-0.2, 0) is 5.41 Å². The average molecular weight is 650 g/mol. The Morgan fingerprint density at radius 3 is 1.63 bits per heavy atom. The molecule has 10 aromatic rings. The van der Waals surface area contributed by atoms with Crippen molar-refractivity contribution < 1.29 is 4.42 Å². The summed E-state index contributed by atoms with van der Waals surface area (Å²) in [4.78, 5) is 0. The monoisotopic (exact) mass is 649 g/mol. The van der Waals surface area contributed by atoms with E-state index in [1.807, 2.05) is 6.07 Å². The molecule has 0 aliphatic heterocycles. The van der Waals surface area contributed by atoms with Crippen molar-refractivity contribution in [3.05, 3.63) is 210 Å². The summed E-state index contributed by atoms with van der Waals surface area (Å²) in [5, 5.41) is 4.82. The highest BCUT2D eigenvalue weighted by atomic mass is 16.3. The van der Waals surface area contributed by atoms with Gasteiger partial charge in [-0.25, -0.2) is 0 Å². The smallest absolute Gasteiger partial charge is 0.136 e. The van der Waals surface area contributed by atoms with Crippen LogP contribution in [0.25, 0.3) is 71.7 Å². The van der Waals surface area contributed by atoms with E-state index in [0.29, 0.717) is 0 Å². The molecule has 2 heterocycles. The molecule has 1 aliphatic carbocycles. The van der Waals surface area contributed by atoms with Crippen LogP contribution in [-0.4, -0.2) is 4.57 Å². The summed E-state index contributed by atoms with van der Waals surface area (Å²) < 4.78 is 8.78. The van der Waals surface area contributed by atoms with Crippen LogP contribution in [0.1, 0.15) is 22.3 Å². The zero-order chi connectivity index (χ0) is 33.5. The lowest BCUT2D eigenvalue weighted by atomic mass is 9.67. The first-order chi connectivity index (χ1) is 25.3. The van der Waals surface area contributed by atoms with Crippen molar-refractivity contribution in [2.45, 2.75) is 5.41 Å². The van der Waals surface area contributed by atoms with Gasteiger partial charge in [-0.1, -0.05) is 146 Å². The van der Waals surface area contributed by atoms with E-state index in [1.54, 1.807) is 0 Å². The Hall–Kier alpha value is -6.64. The van der Waals surface area contributed by atoms with Crippen molar-refractivity contribution in [1.82, 2.24) is 4.57 Å². The second-order valence-corrected chi connectivity index (χ2v) is 13.6. The molecule has 0 fully saturated rings. The SMILES string of the molecule is c1ccc(C2(c3ccccc3)c3cc(-c4cccc5oc6ccccc6c45)ccc3-c3ccc(-n4c5ccccc5c5ccccc54)cc32)cc1. The van der Waals surface area contributed by atoms with Gasteiger partial charge in [0.2, 0.25) is 0 Å². The van der Waals surface area contributed by atoms with Crippen LogP contribution in [0, 0.1) is 0 Å². The van der Waals surface area contributed by atoms with Gasteiger partial charge in [0.05, 0.1) is 16.4 Å². The van der Waals surface area contributed by atoms with Crippen molar-refractivity contribution in [2.24, 2.45) is 0 Å². The molecular formula is C49H31NO. The topological polar surface area (TPSA) is 18.1 Å². The molecule has 0 saturated heterocycles. The van der Waals surface area contributed by atoms with Gasteiger partial charge < -0.3 is 8.98 Å². The Morgan fingerprint density at radius 1 is 0.392 bits per heavy atom. The fourth-order valence-corrected chi connectivity index (χ4v) is 9.00. The van der Waals surface area contributed by atoms with Crippen molar-refractivity contribution in [1.29, 1.82) is 0 Å². The van der Waals surface area contributed by atoms with Gasteiger partial charge in [0.15, 0.2) is 0 Å². The van der Waals surface area contributed by atoms with Gasteiger partial charge in [-0.3, -0.25) is 0 Å². The van der Waals surface area contributed by atoms with Crippen LogP contribution in [0.15, 0.2) is 192 Å². The fourth-order valence-electron chi connectivity index (χ4n) is 9.00. The molecule has 0 radical (unpaired) electrons. The lowest BCUT2D eigenvalue weighted by Crippen LogP contribution is -2.28. The minimum atomic E-state index is -0.551. The largest absolute Gasteiger partial charge is 0.456 e. The summed E-state index contributed by atoms with van der Waals surface area (Å²) in [6, 6.07) is 68.7. The highest BCUT2D eigenvalue weighted by molar-refractivity contribution is 6.13. The molecule has 2 nitrogen and oxygen atoms in total. The van der Waals surface area contributed by atoms with Crippen LogP contribution in [0.5, 0.6) is 0 Å². The summed E-state index contributed by atoms with van der Waals surface area (Å²) in [6.45, 7) is 0. The van der Waals surface area contributed by atoms with Crippen molar-refractivity contribution >= 4 is 43.7 Å². The Balaban J connectivity index is 1.23. The first-order valence-electron chi connectivity index (χ1n) is 17.6. The van der Waals surface area contributed by atoms with Crippen molar-refractivity contribution in [3.63, 3.8) is 0 Å². The molecule has 0 bridgehead atoms. The first kappa shape index (κ1) is 28.2. The van der Waals surface area contributed by atoms with Gasteiger partial charge in [-0.15, -0.1) is 0 Å². The third-order valence-corrected chi connectivity index (χ3v) is 11.1. The quantitative estimate of drug-likeness (QED) is 0.186. The number of benzene rings is 8. The molecule has 0 saturated carbocycles. The molecule has 0 atom stereocenters. The van der Waals surface area contributed by atoms with Gasteiger partial charge in [0, 0.05) is 27.2 Å². The fraction of sp³-hybridized carbons (Fsp3) is 0.0204. The van der Waals surface area contributed by atoms with Gasteiger partial charge in [-0.05, 0) is 87.0 Å². The molecule has 51 heavy (non-hydrogen) atoms. The van der Waals surface area contributed by atoms with E-state index in [-0.39, 0.29) is 0 Å². The summed E-state index contributed by atoms with van der Waals surface area (Å²) in [5.41, 5.74) is 14.8. The molecule has 0 unspecified atom stereocenters. The number of rotatable bonds is 4. The van der Waals surface area contributed by atoms with E-state index >= 15 is 0 Å². The number of aromatic nitrogens is 1. The predicted octanol–water partition coefficient (Wildman–Crippen LogP) is 12.7. The minimum Gasteiger partial charge on any atom is -0.456 e. The molecule has 238 valence electrons. The maximum atomic E-state index is 6.34. The van der Waals surface area contributed by atoms with E-state index in [9.17, 15) is 0 Å². The van der Waals surface area contributed by atoms with E-state index in [1.165, 1.54) is 66.3 Å². The van der Waals surface area contributed by atoms with Crippen LogP contribution < -0.4 is 0 Å². The number of fused-ring (bicyclic) bond motifs is 9. The molecule has 11 rings (SSSR count). The molecule has 0 amide bonds. The highest BCUT2D eigenvalue weighted by Gasteiger charge is 2.46. The summed E-state index contributed by atoms with van der Waals surface area (Å²) >= 11 is 0. The minimum absolute atomic E-state index is 0.551. The number of hydrogen-bond acceptors (Lipinski definition) is 1. The first-order valence-corrected chi connectivity index (χ1v) is 17.6. The molecule has 2 heteroatoms. The Bertz CT molecular complexity index is 2870. The zero-order valence-corrected chi connectivity index (χ0v) is 27.8. The molecule has 8 aromatic carbocycles. The predicted molar refractivity (Wildman–Crippen MR) is 211 cm³/mol. The standard InChI is InChI=1S/C49H31NO/c1-3-14-33(15-4-1)49(34-16-5-2-6-17-34)42-30-32(36-21-13-25-47-48(36)41-20-9-12-24-46(41)51-47)26-28-37(42)38-29-27-35(31-43(38)49)50-44-22-10-7-18-39(44)40-19-8-11-23-45(40)50/h1-31H. The second-order valence-electron chi connectivity index (χ2n) is 13.6. The molecule has 0 N–H and O–H groups in total. The van der Waals surface area contributed by atoms with Gasteiger partial charge >= 0.3 is 0 Å². The maximum absolute atomic E-state index is 6.34. The summed E-state index contributed by atoms with van der Waals surface area (Å²) in [6.07, 6.45) is 0. The Kier molecular flexibility index (Phi) is 5.91. The normalized spacial score (nSPS) is 13.3. The third kappa shape index (κ3) is 3.87. The molecular weight excluding hydrogens is 619 g/mol. The van der Waals surface area contributed by atoms with Crippen LogP contribution in [0.3, 0.4) is 0 Å². The number of para-hydroxylation sites is 3. The second kappa shape index (κ2) is 10.7. The molecule has 0 spiro atoms. The molecule has 2 aromatic heterocycles. The van der Waals surface area contributed by atoms with E-state index in [0.717, 1.165) is 27.6 Å². The van der Waals surface area contributed by atoms with Crippen molar-refractivity contribution in [3.8, 4) is 27.9 Å². The highest BCUT2D eigenvalue weighted by Crippen LogP contribution is 2.57. The van der Waals surface area contributed by atoms with E-state index in [4.69, 9.17) is 4.42 Å². The summed E-state index contributed by atoms with van der Waals surface area (Å²) in [5.74, 6) is 0. The van der Waals surface area contributed by atoms with Gasteiger partial charge in [-0.2, -0.15) is 0 Å². The van der Waals surface area contributed by atoms with Crippen molar-refractivity contribution in [2.75, 3.05) is 0 Å². The number of furan rings is 1. The maximum Gasteiger partial charge on any atom is 0.136 e. The van der Waals surface area contributed by atoms with Gasteiger partial charge in [0.1, 0.15) is 11.2 Å². The lowest BCUT2D eigenvalue weighted by Gasteiger charge is -2.34. The Morgan fingerprint density at radius 2 is 0.941 bits per heavy atom. The van der Waals surface area contributed by atoms with Crippen LogP contribution >= 0.6 is 0 Å². The Labute approximate surface area is 295 Å². The molecule has 1 aliphatic rings.